The van der Waals surface area contributed by atoms with Gasteiger partial charge in [-0.3, -0.25) is 0 Å². The third-order valence-corrected chi connectivity index (χ3v) is 3.90. The molecule has 1 aliphatic heterocycles. The molecule has 1 saturated heterocycles. The molecule has 0 aromatic rings. The zero-order chi connectivity index (χ0) is 17.1. The summed E-state index contributed by atoms with van der Waals surface area (Å²) in [5.41, 5.74) is 0.0257. The van der Waals surface area contributed by atoms with Gasteiger partial charge in [-0.05, 0) is 25.7 Å². The fourth-order valence-corrected chi connectivity index (χ4v) is 2.76. The number of hydrogen-bond donors (Lipinski definition) is 0. The van der Waals surface area contributed by atoms with Crippen molar-refractivity contribution in [3.63, 3.8) is 0 Å². The molecular weight excluding hydrogens is 288 g/mol. The molecule has 0 unspecified atom stereocenters. The number of ether oxygens (including phenoxy) is 2. The summed E-state index contributed by atoms with van der Waals surface area (Å²) in [6, 6.07) is 0.423. The van der Waals surface area contributed by atoms with Crippen LogP contribution < -0.4 is 0 Å². The van der Waals surface area contributed by atoms with Gasteiger partial charge >= 0.3 is 0 Å². The summed E-state index contributed by atoms with van der Waals surface area (Å²) >= 11 is 0. The highest BCUT2D eigenvalue weighted by Gasteiger charge is 2.33. The first kappa shape index (κ1) is 19.9. The lowest BCUT2D eigenvalue weighted by molar-refractivity contribution is 0.0499. The number of likely N-dealkylation sites (tertiary alicyclic amines) is 1. The predicted octanol–water partition coefficient (Wildman–Crippen LogP) is 4.04. The minimum absolute atomic E-state index is 0.0257. The van der Waals surface area contributed by atoms with E-state index in [1.807, 2.05) is 12.3 Å². The van der Waals surface area contributed by atoms with E-state index in [4.69, 9.17) is 14.5 Å². The van der Waals surface area contributed by atoms with E-state index < -0.39 is 0 Å². The lowest BCUT2D eigenvalue weighted by atomic mass is 9.93. The summed E-state index contributed by atoms with van der Waals surface area (Å²) in [6.07, 6.45) is 10.4. The van der Waals surface area contributed by atoms with Crippen molar-refractivity contribution in [3.05, 3.63) is 24.9 Å². The van der Waals surface area contributed by atoms with E-state index in [1.165, 1.54) is 12.8 Å². The molecule has 0 radical (unpaired) electrons. The molecule has 23 heavy (non-hydrogen) atoms. The molecule has 0 amide bonds. The molecule has 4 nitrogen and oxygen atoms in total. The van der Waals surface area contributed by atoms with Crippen LogP contribution in [0.25, 0.3) is 0 Å². The Morgan fingerprint density at radius 2 is 2.09 bits per heavy atom. The number of amidine groups is 1. The fourth-order valence-electron chi connectivity index (χ4n) is 2.76. The van der Waals surface area contributed by atoms with Crippen molar-refractivity contribution in [2.75, 3.05) is 33.5 Å². The third-order valence-electron chi connectivity index (χ3n) is 3.90. The second-order valence-corrected chi connectivity index (χ2v) is 7.01. The monoisotopic (exact) mass is 322 g/mol. The highest BCUT2D eigenvalue weighted by Crippen LogP contribution is 2.27. The molecule has 132 valence electrons. The molecule has 0 saturated carbocycles. The second-order valence-electron chi connectivity index (χ2n) is 7.01. The zero-order valence-electron chi connectivity index (χ0n) is 15.4. The molecule has 0 bridgehead atoms. The van der Waals surface area contributed by atoms with Gasteiger partial charge in [-0.15, -0.1) is 6.58 Å². The molecule has 1 aliphatic rings. The van der Waals surface area contributed by atoms with Gasteiger partial charge in [-0.1, -0.05) is 32.9 Å². The Hall–Kier alpha value is -1.13. The molecular formula is C19H34N2O2. The second kappa shape index (κ2) is 10.6. The van der Waals surface area contributed by atoms with Crippen LogP contribution >= 0.6 is 0 Å². The first-order valence-electron chi connectivity index (χ1n) is 8.68. The lowest BCUT2D eigenvalue weighted by Crippen LogP contribution is -2.44. The Morgan fingerprint density at radius 1 is 1.30 bits per heavy atom. The topological polar surface area (TPSA) is 34.1 Å². The minimum atomic E-state index is 0.0257. The zero-order valence-corrected chi connectivity index (χ0v) is 15.4. The number of allylic oxidation sites excluding steroid dienone is 2. The Morgan fingerprint density at radius 3 is 2.74 bits per heavy atom. The van der Waals surface area contributed by atoms with Crippen LogP contribution in [0.15, 0.2) is 29.9 Å². The van der Waals surface area contributed by atoms with Gasteiger partial charge in [0.15, 0.2) is 0 Å². The first-order valence-corrected chi connectivity index (χ1v) is 8.68. The fraction of sp³-hybridized carbons (Fsp3) is 0.737. The van der Waals surface area contributed by atoms with Crippen LogP contribution in [-0.4, -0.2) is 50.3 Å². The number of rotatable bonds is 9. The average Bonchev–Trinajstić information content (AvgIpc) is 2.94. The van der Waals surface area contributed by atoms with Crippen molar-refractivity contribution < 1.29 is 9.47 Å². The summed E-state index contributed by atoms with van der Waals surface area (Å²) in [5, 5.41) is 0. The molecule has 0 aromatic carbocycles. The molecule has 0 N–H and O–H groups in total. The SMILES string of the molecule is C=CCC/C=C/N=C(N1CCC[C@H]1COCCOC)C(C)(C)C. The maximum Gasteiger partial charge on any atom is 0.110 e. The molecule has 0 aromatic heterocycles. The molecule has 0 aliphatic carbocycles. The van der Waals surface area contributed by atoms with E-state index in [0.29, 0.717) is 19.3 Å². The summed E-state index contributed by atoms with van der Waals surface area (Å²) < 4.78 is 10.8. The average molecular weight is 322 g/mol. The first-order chi connectivity index (χ1) is 11.0. The van der Waals surface area contributed by atoms with E-state index in [9.17, 15) is 0 Å². The lowest BCUT2D eigenvalue weighted by Gasteiger charge is -2.34. The van der Waals surface area contributed by atoms with Crippen LogP contribution in [0.4, 0.5) is 0 Å². The van der Waals surface area contributed by atoms with E-state index in [2.05, 4.69) is 38.3 Å². The van der Waals surface area contributed by atoms with Gasteiger partial charge in [0.1, 0.15) is 5.84 Å². The van der Waals surface area contributed by atoms with Crippen molar-refractivity contribution in [3.8, 4) is 0 Å². The summed E-state index contributed by atoms with van der Waals surface area (Å²) in [5.74, 6) is 1.16. The predicted molar refractivity (Wildman–Crippen MR) is 97.9 cm³/mol. The van der Waals surface area contributed by atoms with Gasteiger partial charge < -0.3 is 14.4 Å². The maximum absolute atomic E-state index is 5.76. The van der Waals surface area contributed by atoms with E-state index >= 15 is 0 Å². The smallest absolute Gasteiger partial charge is 0.110 e. The molecule has 1 rings (SSSR count). The Kier molecular flexibility index (Phi) is 9.19. The highest BCUT2D eigenvalue weighted by atomic mass is 16.5. The van der Waals surface area contributed by atoms with Crippen LogP contribution in [0.2, 0.25) is 0 Å². The van der Waals surface area contributed by atoms with Gasteiger partial charge in [-0.25, -0.2) is 4.99 Å². The summed E-state index contributed by atoms with van der Waals surface area (Å²) in [6.45, 7) is 13.5. The molecule has 1 fully saturated rings. The van der Waals surface area contributed by atoms with Crippen LogP contribution in [0.3, 0.4) is 0 Å². The van der Waals surface area contributed by atoms with Crippen molar-refractivity contribution >= 4 is 5.84 Å². The summed E-state index contributed by atoms with van der Waals surface area (Å²) in [4.78, 5) is 7.23. The number of aliphatic imine (C=N–C) groups is 1. The van der Waals surface area contributed by atoms with E-state index in [0.717, 1.165) is 31.8 Å². The molecule has 1 atom stereocenters. The van der Waals surface area contributed by atoms with Crippen molar-refractivity contribution in [1.29, 1.82) is 0 Å². The molecule has 0 spiro atoms. The quantitative estimate of drug-likeness (QED) is 0.278. The van der Waals surface area contributed by atoms with Gasteiger partial charge in [0, 0.05) is 25.3 Å². The maximum atomic E-state index is 5.76. The van der Waals surface area contributed by atoms with Crippen LogP contribution in [0.5, 0.6) is 0 Å². The van der Waals surface area contributed by atoms with E-state index in [1.54, 1.807) is 7.11 Å². The van der Waals surface area contributed by atoms with Crippen LogP contribution in [0, 0.1) is 5.41 Å². The van der Waals surface area contributed by atoms with Gasteiger partial charge in [0.25, 0.3) is 0 Å². The van der Waals surface area contributed by atoms with Gasteiger partial charge in [0.2, 0.25) is 0 Å². The van der Waals surface area contributed by atoms with Crippen molar-refractivity contribution in [2.24, 2.45) is 10.4 Å². The molecule has 4 heteroatoms. The number of methoxy groups -OCH3 is 1. The number of unbranched alkanes of at least 4 members (excludes halogenated alkanes) is 1. The van der Waals surface area contributed by atoms with Gasteiger partial charge in [-0.2, -0.15) is 0 Å². The van der Waals surface area contributed by atoms with Crippen molar-refractivity contribution in [2.45, 2.75) is 52.5 Å². The highest BCUT2D eigenvalue weighted by molar-refractivity contribution is 5.88. The van der Waals surface area contributed by atoms with Crippen molar-refractivity contribution in [1.82, 2.24) is 4.90 Å². The van der Waals surface area contributed by atoms with E-state index in [-0.39, 0.29) is 5.41 Å². The number of hydrogen-bond acceptors (Lipinski definition) is 3. The van der Waals surface area contributed by atoms with Gasteiger partial charge in [0.05, 0.1) is 25.9 Å². The Bertz CT molecular complexity index is 397. The Labute approximate surface area is 142 Å². The number of nitrogens with zero attached hydrogens (tertiary/aromatic N) is 2. The standard InChI is InChI=1S/C19H34N2O2/c1-6-7-8-9-12-20-18(19(2,3)4)21-13-10-11-17(21)16-23-15-14-22-5/h6,9,12,17H,1,7-8,10-11,13-16H2,2-5H3/b12-9+,20-18?/t17-/m0/s1. The molecule has 1 heterocycles. The van der Waals surface area contributed by atoms with Crippen LogP contribution in [0.1, 0.15) is 46.5 Å². The van der Waals surface area contributed by atoms with Crippen LogP contribution in [-0.2, 0) is 9.47 Å². The largest absolute Gasteiger partial charge is 0.382 e. The summed E-state index contributed by atoms with van der Waals surface area (Å²) in [7, 11) is 1.70. The third kappa shape index (κ3) is 7.32. The minimum Gasteiger partial charge on any atom is -0.382 e. The Balaban J connectivity index is 2.70. The normalized spacial score (nSPS) is 19.7.